The lowest BCUT2D eigenvalue weighted by atomic mass is 9.99. The van der Waals surface area contributed by atoms with Crippen LogP contribution in [0.1, 0.15) is 62.3 Å². The number of carboxylic acid groups (broad SMARTS) is 1. The number of pyridine rings is 2. The van der Waals surface area contributed by atoms with E-state index >= 15 is 0 Å². The summed E-state index contributed by atoms with van der Waals surface area (Å²) < 4.78 is 13.1. The van der Waals surface area contributed by atoms with Crippen LogP contribution >= 0.6 is 0 Å². The molecule has 0 radical (unpaired) electrons. The van der Waals surface area contributed by atoms with Crippen LogP contribution in [0, 0.1) is 6.92 Å². The van der Waals surface area contributed by atoms with Crippen LogP contribution in [-0.2, 0) is 0 Å². The molecule has 2 fully saturated rings. The number of benzene rings is 1. The fourth-order valence-electron chi connectivity index (χ4n) is 6.29. The maximum absolute atomic E-state index is 14.2. The summed E-state index contributed by atoms with van der Waals surface area (Å²) in [5.74, 6) is 2.03. The van der Waals surface area contributed by atoms with Gasteiger partial charge in [-0.3, -0.25) is 4.98 Å². The second-order valence-electron chi connectivity index (χ2n) is 12.0. The minimum atomic E-state index is -0.951. The lowest BCUT2D eigenvalue weighted by molar-refractivity contribution is 0.136. The molecule has 44 heavy (non-hydrogen) atoms. The molecule has 0 spiro atoms. The topological polar surface area (TPSA) is 123 Å². The van der Waals surface area contributed by atoms with Gasteiger partial charge in [0.1, 0.15) is 5.82 Å². The summed E-state index contributed by atoms with van der Waals surface area (Å²) in [6, 6.07) is 9.56. The van der Waals surface area contributed by atoms with Gasteiger partial charge in [-0.05, 0) is 73.9 Å². The van der Waals surface area contributed by atoms with Gasteiger partial charge in [-0.1, -0.05) is 19.9 Å². The summed E-state index contributed by atoms with van der Waals surface area (Å²) in [6.07, 6.45) is 2.87. The summed E-state index contributed by atoms with van der Waals surface area (Å²) in [5.41, 5.74) is 4.92. The lowest BCUT2D eigenvalue weighted by Crippen LogP contribution is -2.54. The Morgan fingerprint density at radius 3 is 2.50 bits per heavy atom. The van der Waals surface area contributed by atoms with Crippen molar-refractivity contribution in [2.75, 3.05) is 38.8 Å². The Labute approximate surface area is 256 Å². The van der Waals surface area contributed by atoms with Crippen LogP contribution in [0.4, 0.5) is 10.6 Å². The molecule has 1 aromatic carbocycles. The highest BCUT2D eigenvalue weighted by atomic mass is 16.5. The normalized spacial score (nSPS) is 16.9. The highest BCUT2D eigenvalue weighted by Gasteiger charge is 2.34. The molecule has 11 nitrogen and oxygen atoms in total. The van der Waals surface area contributed by atoms with Crippen molar-refractivity contribution in [3.8, 4) is 28.4 Å². The standard InChI is InChI=1S/C33H38N6O5/c1-18(2)26-28(19(3)12-13-34-26)39-31-24(30(36-32(39)40)38-15-14-37(33(41)42)17-20(38)4)16-23(21-10-11-21)27(35-31)22-8-7-9-25(43-5)29(22)44-6/h7-9,12-13,16,18,20-21H,10-11,14-15,17H2,1-6H3,(H,41,42). The molecule has 1 amide bonds. The molecule has 230 valence electrons. The van der Waals surface area contributed by atoms with Gasteiger partial charge >= 0.3 is 11.8 Å². The fourth-order valence-corrected chi connectivity index (χ4v) is 6.29. The number of ether oxygens (including phenoxy) is 2. The third kappa shape index (κ3) is 4.99. The van der Waals surface area contributed by atoms with Gasteiger partial charge in [0.2, 0.25) is 0 Å². The zero-order valence-electron chi connectivity index (χ0n) is 26.0. The van der Waals surface area contributed by atoms with Crippen LogP contribution in [0.25, 0.3) is 28.0 Å². The molecule has 1 atom stereocenters. The number of fused-ring (bicyclic) bond motifs is 1. The van der Waals surface area contributed by atoms with E-state index in [1.54, 1.807) is 25.0 Å². The Bertz CT molecular complexity index is 1820. The van der Waals surface area contributed by atoms with Crippen molar-refractivity contribution < 1.29 is 19.4 Å². The van der Waals surface area contributed by atoms with Gasteiger partial charge in [0, 0.05) is 37.4 Å². The largest absolute Gasteiger partial charge is 0.493 e. The van der Waals surface area contributed by atoms with E-state index in [2.05, 4.69) is 24.9 Å². The minimum Gasteiger partial charge on any atom is -0.493 e. The number of methoxy groups -OCH3 is 2. The second-order valence-corrected chi connectivity index (χ2v) is 12.0. The average molecular weight is 599 g/mol. The summed E-state index contributed by atoms with van der Waals surface area (Å²) >= 11 is 0. The van der Waals surface area contributed by atoms with Gasteiger partial charge in [-0.15, -0.1) is 0 Å². The average Bonchev–Trinajstić information content (AvgIpc) is 3.85. The van der Waals surface area contributed by atoms with Gasteiger partial charge in [-0.2, -0.15) is 4.98 Å². The first-order valence-electron chi connectivity index (χ1n) is 15.0. The van der Waals surface area contributed by atoms with E-state index in [1.165, 1.54) is 4.90 Å². The summed E-state index contributed by atoms with van der Waals surface area (Å²) in [5, 5.41) is 10.4. The molecule has 2 aliphatic rings. The Kier molecular flexibility index (Phi) is 7.65. The number of rotatable bonds is 7. The third-order valence-corrected chi connectivity index (χ3v) is 8.65. The number of hydrogen-bond donors (Lipinski definition) is 1. The number of nitrogens with zero attached hydrogens (tertiary/aromatic N) is 6. The number of hydrogen-bond acceptors (Lipinski definition) is 8. The molecule has 0 bridgehead atoms. The smallest absolute Gasteiger partial charge is 0.407 e. The molecule has 1 saturated carbocycles. The Morgan fingerprint density at radius 1 is 1.09 bits per heavy atom. The molecule has 4 heterocycles. The molecule has 1 N–H and O–H groups in total. The van der Waals surface area contributed by atoms with E-state index in [-0.39, 0.29) is 12.0 Å². The van der Waals surface area contributed by atoms with Crippen LogP contribution in [0.2, 0.25) is 0 Å². The zero-order chi connectivity index (χ0) is 31.3. The summed E-state index contributed by atoms with van der Waals surface area (Å²) in [4.78, 5) is 44.1. The molecule has 1 aliphatic heterocycles. The van der Waals surface area contributed by atoms with E-state index in [0.717, 1.165) is 46.3 Å². The van der Waals surface area contributed by atoms with Crippen LogP contribution in [0.3, 0.4) is 0 Å². The van der Waals surface area contributed by atoms with Crippen LogP contribution in [-0.4, -0.2) is 75.5 Å². The quantitative estimate of drug-likeness (QED) is 0.300. The maximum Gasteiger partial charge on any atom is 0.407 e. The third-order valence-electron chi connectivity index (χ3n) is 8.65. The van der Waals surface area contributed by atoms with E-state index in [4.69, 9.17) is 19.4 Å². The molecular weight excluding hydrogens is 560 g/mol. The van der Waals surface area contributed by atoms with Crippen molar-refractivity contribution in [2.45, 2.75) is 58.4 Å². The van der Waals surface area contributed by atoms with E-state index in [9.17, 15) is 14.7 Å². The number of piperazine rings is 1. The first-order chi connectivity index (χ1) is 21.1. The number of para-hydroxylation sites is 1. The Balaban J connectivity index is 1.70. The zero-order valence-corrected chi connectivity index (χ0v) is 26.0. The Hall–Kier alpha value is -4.67. The molecule has 1 saturated heterocycles. The Morgan fingerprint density at radius 2 is 1.86 bits per heavy atom. The number of aromatic nitrogens is 4. The maximum atomic E-state index is 14.2. The van der Waals surface area contributed by atoms with Gasteiger partial charge in [-0.25, -0.2) is 19.1 Å². The van der Waals surface area contributed by atoms with Crippen molar-refractivity contribution in [2.24, 2.45) is 0 Å². The monoisotopic (exact) mass is 598 g/mol. The molecule has 1 unspecified atom stereocenters. The van der Waals surface area contributed by atoms with E-state index in [0.29, 0.717) is 54.2 Å². The van der Waals surface area contributed by atoms with Crippen LogP contribution in [0.15, 0.2) is 41.3 Å². The summed E-state index contributed by atoms with van der Waals surface area (Å²) in [7, 11) is 3.22. The van der Waals surface area contributed by atoms with Crippen molar-refractivity contribution in [3.05, 3.63) is 63.8 Å². The van der Waals surface area contributed by atoms with Crippen molar-refractivity contribution in [3.63, 3.8) is 0 Å². The predicted molar refractivity (Wildman–Crippen MR) is 169 cm³/mol. The van der Waals surface area contributed by atoms with Gasteiger partial charge in [0.25, 0.3) is 0 Å². The van der Waals surface area contributed by atoms with Gasteiger partial charge in [0.15, 0.2) is 17.1 Å². The van der Waals surface area contributed by atoms with Crippen LogP contribution < -0.4 is 20.1 Å². The van der Waals surface area contributed by atoms with Crippen molar-refractivity contribution in [1.29, 1.82) is 0 Å². The van der Waals surface area contributed by atoms with Gasteiger partial charge in [0.05, 0.1) is 36.7 Å². The first kappa shape index (κ1) is 29.4. The van der Waals surface area contributed by atoms with Crippen molar-refractivity contribution in [1.82, 2.24) is 24.4 Å². The number of amides is 1. The second kappa shape index (κ2) is 11.4. The molecular formula is C33H38N6O5. The van der Waals surface area contributed by atoms with Crippen LogP contribution in [0.5, 0.6) is 11.5 Å². The SMILES string of the molecule is COc1cccc(-c2nc3c(cc2C2CC2)c(N2CCN(C(=O)O)CC2C)nc(=O)n3-c2c(C)ccnc2C(C)C)c1OC. The summed E-state index contributed by atoms with van der Waals surface area (Å²) in [6.45, 7) is 9.06. The molecule has 1 aliphatic carbocycles. The highest BCUT2D eigenvalue weighted by molar-refractivity contribution is 5.92. The molecule has 6 rings (SSSR count). The molecule has 4 aromatic rings. The van der Waals surface area contributed by atoms with E-state index in [1.807, 2.05) is 43.0 Å². The number of carbonyl (C=O) groups is 1. The molecule has 11 heteroatoms. The molecule has 3 aromatic heterocycles. The van der Waals surface area contributed by atoms with Gasteiger partial charge < -0.3 is 24.4 Å². The first-order valence-corrected chi connectivity index (χ1v) is 15.0. The lowest BCUT2D eigenvalue weighted by Gasteiger charge is -2.39. The number of anilines is 1. The highest BCUT2D eigenvalue weighted by Crippen LogP contribution is 2.48. The number of aryl methyl sites for hydroxylation is 1. The minimum absolute atomic E-state index is 0.0410. The fraction of sp³-hybridized carbons (Fsp3) is 0.424. The van der Waals surface area contributed by atoms with Crippen molar-refractivity contribution >= 4 is 22.9 Å². The van der Waals surface area contributed by atoms with E-state index < -0.39 is 11.8 Å². The predicted octanol–water partition coefficient (Wildman–Crippen LogP) is 5.36.